The van der Waals surface area contributed by atoms with E-state index in [-0.39, 0.29) is 35.9 Å². The fourth-order valence-electron chi connectivity index (χ4n) is 3.10. The molecular formula is C20H21ClFN5O2. The summed E-state index contributed by atoms with van der Waals surface area (Å²) in [6.45, 7) is 1.88. The summed E-state index contributed by atoms with van der Waals surface area (Å²) in [4.78, 5) is 12.4. The van der Waals surface area contributed by atoms with E-state index in [2.05, 4.69) is 20.9 Å². The van der Waals surface area contributed by atoms with E-state index in [9.17, 15) is 9.18 Å². The van der Waals surface area contributed by atoms with Crippen molar-refractivity contribution in [1.29, 1.82) is 0 Å². The second kappa shape index (κ2) is 9.49. The monoisotopic (exact) mass is 417 g/mol. The Balaban J connectivity index is 0.00000240. The quantitative estimate of drug-likeness (QED) is 0.659. The number of amides is 1. The van der Waals surface area contributed by atoms with Crippen LogP contribution in [-0.2, 0) is 0 Å². The van der Waals surface area contributed by atoms with Crippen molar-refractivity contribution < 1.29 is 13.9 Å². The van der Waals surface area contributed by atoms with Gasteiger partial charge in [-0.1, -0.05) is 11.3 Å². The predicted molar refractivity (Wildman–Crippen MR) is 109 cm³/mol. The second-order valence-corrected chi connectivity index (χ2v) is 6.60. The zero-order valence-corrected chi connectivity index (χ0v) is 16.4. The molecule has 0 saturated carbocycles. The van der Waals surface area contributed by atoms with E-state index >= 15 is 0 Å². The largest absolute Gasteiger partial charge is 0.457 e. The molecule has 0 atom stereocenters. The van der Waals surface area contributed by atoms with E-state index in [0.717, 1.165) is 25.9 Å². The standard InChI is InChI=1S/C20H20FN5O2.ClH/c21-14-2-1-3-18(12-14)28-17-6-4-15(5-7-17)23-20(27)19-13-26(25-24-19)16-8-10-22-11-9-16;/h1-7,12-13,16,22H,8-11H2,(H,23,27);1H. The lowest BCUT2D eigenvalue weighted by Gasteiger charge is -2.22. The molecule has 2 N–H and O–H groups in total. The highest BCUT2D eigenvalue weighted by molar-refractivity contribution is 6.02. The number of carbonyl (C=O) groups is 1. The first-order valence-corrected chi connectivity index (χ1v) is 9.15. The minimum atomic E-state index is -0.362. The van der Waals surface area contributed by atoms with Crippen molar-refractivity contribution >= 4 is 24.0 Å². The first-order valence-electron chi connectivity index (χ1n) is 9.15. The van der Waals surface area contributed by atoms with Gasteiger partial charge >= 0.3 is 0 Å². The fraction of sp³-hybridized carbons (Fsp3) is 0.250. The van der Waals surface area contributed by atoms with Crippen LogP contribution in [0.25, 0.3) is 0 Å². The van der Waals surface area contributed by atoms with Gasteiger partial charge in [-0.05, 0) is 62.3 Å². The molecule has 4 rings (SSSR count). The minimum absolute atomic E-state index is 0. The topological polar surface area (TPSA) is 81.1 Å². The Labute approximate surface area is 173 Å². The van der Waals surface area contributed by atoms with Crippen LogP contribution in [0.15, 0.2) is 54.7 Å². The van der Waals surface area contributed by atoms with Crippen molar-refractivity contribution in [2.24, 2.45) is 0 Å². The van der Waals surface area contributed by atoms with E-state index in [1.807, 2.05) is 0 Å². The molecular weight excluding hydrogens is 397 g/mol. The van der Waals surface area contributed by atoms with Crippen LogP contribution in [0.3, 0.4) is 0 Å². The molecule has 1 fully saturated rings. The average Bonchev–Trinajstić information content (AvgIpc) is 3.21. The lowest BCUT2D eigenvalue weighted by Crippen LogP contribution is -2.29. The SMILES string of the molecule is Cl.O=C(Nc1ccc(Oc2cccc(F)c2)cc1)c1cn(C2CCNCC2)nn1. The molecule has 1 aliphatic heterocycles. The summed E-state index contributed by atoms with van der Waals surface area (Å²) >= 11 is 0. The molecule has 0 bridgehead atoms. The molecule has 9 heteroatoms. The van der Waals surface area contributed by atoms with Crippen molar-refractivity contribution in [1.82, 2.24) is 20.3 Å². The molecule has 152 valence electrons. The van der Waals surface area contributed by atoms with Crippen molar-refractivity contribution in [2.45, 2.75) is 18.9 Å². The smallest absolute Gasteiger partial charge is 0.277 e. The predicted octanol–water partition coefficient (Wildman–Crippen LogP) is 3.81. The van der Waals surface area contributed by atoms with Gasteiger partial charge in [0.2, 0.25) is 0 Å². The van der Waals surface area contributed by atoms with Crippen LogP contribution in [-0.4, -0.2) is 34.0 Å². The highest BCUT2D eigenvalue weighted by atomic mass is 35.5. The summed E-state index contributed by atoms with van der Waals surface area (Å²) in [5.74, 6) is 0.268. The summed E-state index contributed by atoms with van der Waals surface area (Å²) < 4.78 is 20.6. The average molecular weight is 418 g/mol. The van der Waals surface area contributed by atoms with Gasteiger partial charge in [0, 0.05) is 11.8 Å². The molecule has 1 amide bonds. The van der Waals surface area contributed by atoms with Gasteiger partial charge in [0.15, 0.2) is 5.69 Å². The van der Waals surface area contributed by atoms with E-state index in [1.165, 1.54) is 12.1 Å². The molecule has 1 aliphatic rings. The second-order valence-electron chi connectivity index (χ2n) is 6.60. The third-order valence-electron chi connectivity index (χ3n) is 4.57. The molecule has 0 radical (unpaired) electrons. The summed E-state index contributed by atoms with van der Waals surface area (Å²) in [6, 6.07) is 13.0. The highest BCUT2D eigenvalue weighted by Crippen LogP contribution is 2.24. The summed E-state index contributed by atoms with van der Waals surface area (Å²) in [5, 5.41) is 14.2. The van der Waals surface area contributed by atoms with Crippen molar-refractivity contribution in [3.05, 3.63) is 66.2 Å². The number of benzene rings is 2. The zero-order chi connectivity index (χ0) is 19.3. The number of nitrogens with zero attached hydrogens (tertiary/aromatic N) is 3. The van der Waals surface area contributed by atoms with Crippen LogP contribution in [0.5, 0.6) is 11.5 Å². The Bertz CT molecular complexity index is 958. The van der Waals surface area contributed by atoms with Crippen molar-refractivity contribution in [3.8, 4) is 11.5 Å². The number of carbonyl (C=O) groups excluding carboxylic acids is 1. The molecule has 1 aromatic heterocycles. The number of hydrogen-bond donors (Lipinski definition) is 2. The van der Waals surface area contributed by atoms with Gasteiger partial charge < -0.3 is 15.4 Å². The van der Waals surface area contributed by atoms with Crippen molar-refractivity contribution in [2.75, 3.05) is 18.4 Å². The number of halogens is 2. The molecule has 2 heterocycles. The van der Waals surface area contributed by atoms with Gasteiger partial charge in [0.25, 0.3) is 5.91 Å². The molecule has 7 nitrogen and oxygen atoms in total. The van der Waals surface area contributed by atoms with Crippen LogP contribution in [0.1, 0.15) is 29.4 Å². The summed E-state index contributed by atoms with van der Waals surface area (Å²) in [5.41, 5.74) is 0.881. The van der Waals surface area contributed by atoms with Gasteiger partial charge in [-0.15, -0.1) is 17.5 Å². The maximum atomic E-state index is 13.2. The number of rotatable bonds is 5. The normalized spacial score (nSPS) is 14.1. The maximum Gasteiger partial charge on any atom is 0.277 e. The van der Waals surface area contributed by atoms with Gasteiger partial charge in [-0.2, -0.15) is 0 Å². The molecule has 2 aromatic carbocycles. The Morgan fingerprint density at radius 1 is 1.14 bits per heavy atom. The summed E-state index contributed by atoms with van der Waals surface area (Å²) in [6.07, 6.45) is 3.63. The third kappa shape index (κ3) is 5.30. The zero-order valence-electron chi connectivity index (χ0n) is 15.5. The van der Waals surface area contributed by atoms with Gasteiger partial charge in [-0.25, -0.2) is 9.07 Å². The van der Waals surface area contributed by atoms with E-state index in [4.69, 9.17) is 4.74 Å². The maximum absolute atomic E-state index is 13.2. The van der Waals surface area contributed by atoms with Crippen LogP contribution in [0, 0.1) is 5.82 Å². The Morgan fingerprint density at radius 2 is 1.90 bits per heavy atom. The number of piperidine rings is 1. The number of ether oxygens (including phenoxy) is 1. The number of aromatic nitrogens is 3. The number of nitrogens with one attached hydrogen (secondary N) is 2. The minimum Gasteiger partial charge on any atom is -0.457 e. The Morgan fingerprint density at radius 3 is 2.62 bits per heavy atom. The highest BCUT2D eigenvalue weighted by Gasteiger charge is 2.18. The number of anilines is 1. The van der Waals surface area contributed by atoms with Crippen LogP contribution < -0.4 is 15.4 Å². The number of hydrogen-bond acceptors (Lipinski definition) is 5. The van der Waals surface area contributed by atoms with Gasteiger partial charge in [-0.3, -0.25) is 4.79 Å². The molecule has 3 aromatic rings. The summed E-state index contributed by atoms with van der Waals surface area (Å²) in [7, 11) is 0. The molecule has 0 unspecified atom stereocenters. The van der Waals surface area contributed by atoms with E-state index < -0.39 is 0 Å². The van der Waals surface area contributed by atoms with Gasteiger partial charge in [0.1, 0.15) is 17.3 Å². The Kier molecular flexibility index (Phi) is 6.79. The molecule has 0 aliphatic carbocycles. The first-order chi connectivity index (χ1) is 13.7. The van der Waals surface area contributed by atoms with Crippen LogP contribution in [0.4, 0.5) is 10.1 Å². The Hall–Kier alpha value is -2.97. The first kappa shape index (κ1) is 20.8. The van der Waals surface area contributed by atoms with E-state index in [0.29, 0.717) is 17.2 Å². The molecule has 0 spiro atoms. The van der Waals surface area contributed by atoms with Crippen LogP contribution >= 0.6 is 12.4 Å². The van der Waals surface area contributed by atoms with Crippen LogP contribution in [0.2, 0.25) is 0 Å². The van der Waals surface area contributed by atoms with Gasteiger partial charge in [0.05, 0.1) is 12.2 Å². The molecule has 1 saturated heterocycles. The van der Waals surface area contributed by atoms with Crippen molar-refractivity contribution in [3.63, 3.8) is 0 Å². The van der Waals surface area contributed by atoms with E-state index in [1.54, 1.807) is 47.3 Å². The fourth-order valence-corrected chi connectivity index (χ4v) is 3.10. The lowest BCUT2D eigenvalue weighted by molar-refractivity contribution is 0.102. The third-order valence-corrected chi connectivity index (χ3v) is 4.57. The molecule has 29 heavy (non-hydrogen) atoms. The lowest BCUT2D eigenvalue weighted by atomic mass is 10.1.